The highest BCUT2D eigenvalue weighted by Crippen LogP contribution is 2.28. The third-order valence-corrected chi connectivity index (χ3v) is 5.56. The number of amides is 1. The molecule has 27 heavy (non-hydrogen) atoms. The molecule has 1 N–H and O–H groups in total. The molecule has 2 aliphatic rings. The van der Waals surface area contributed by atoms with Crippen LogP contribution in [0.3, 0.4) is 0 Å². The smallest absolute Gasteiger partial charge is 0.292 e. The maximum absolute atomic E-state index is 12.6. The number of piperidine rings is 2. The van der Waals surface area contributed by atoms with E-state index in [9.17, 15) is 9.90 Å². The van der Waals surface area contributed by atoms with Crippen molar-refractivity contribution in [2.75, 3.05) is 26.2 Å². The molecule has 0 aliphatic carbocycles. The van der Waals surface area contributed by atoms with Gasteiger partial charge in [-0.15, -0.1) is 0 Å². The van der Waals surface area contributed by atoms with Gasteiger partial charge >= 0.3 is 0 Å². The molecule has 7 nitrogen and oxygen atoms in total. The molecule has 2 saturated heterocycles. The second kappa shape index (κ2) is 8.19. The molecule has 0 unspecified atom stereocenters. The molecule has 1 atom stereocenters. The number of hydrogen-bond donors (Lipinski definition) is 1. The number of aromatic nitrogens is 2. The van der Waals surface area contributed by atoms with E-state index in [2.05, 4.69) is 21.1 Å². The molecule has 2 aromatic rings. The first-order chi connectivity index (χ1) is 13.2. The van der Waals surface area contributed by atoms with Gasteiger partial charge in [0.05, 0.1) is 11.8 Å². The van der Waals surface area contributed by atoms with Gasteiger partial charge in [-0.25, -0.2) is 0 Å². The van der Waals surface area contributed by atoms with E-state index in [1.165, 1.54) is 5.56 Å². The van der Waals surface area contributed by atoms with Crippen molar-refractivity contribution in [3.8, 4) is 0 Å². The normalized spacial score (nSPS) is 22.1. The number of carbonyl (C=O) groups is 1. The summed E-state index contributed by atoms with van der Waals surface area (Å²) in [7, 11) is 0. The second-order valence-corrected chi connectivity index (χ2v) is 7.57. The number of aliphatic hydroxyl groups excluding tert-OH is 1. The lowest BCUT2D eigenvalue weighted by Gasteiger charge is -2.30. The summed E-state index contributed by atoms with van der Waals surface area (Å²) in [5.41, 5.74) is 2.10. The molecule has 0 radical (unpaired) electrons. The van der Waals surface area contributed by atoms with Gasteiger partial charge in [0, 0.05) is 44.0 Å². The number of aliphatic hydroxyl groups is 1. The van der Waals surface area contributed by atoms with E-state index in [1.807, 2.05) is 12.3 Å². The zero-order chi connectivity index (χ0) is 18.6. The van der Waals surface area contributed by atoms with Gasteiger partial charge in [-0.1, -0.05) is 11.2 Å². The minimum Gasteiger partial charge on any atom is -0.391 e. The van der Waals surface area contributed by atoms with Crippen LogP contribution in [0.4, 0.5) is 0 Å². The fraction of sp³-hybridized carbons (Fsp3) is 0.550. The van der Waals surface area contributed by atoms with Gasteiger partial charge < -0.3 is 14.5 Å². The van der Waals surface area contributed by atoms with Gasteiger partial charge in [0.1, 0.15) is 0 Å². The van der Waals surface area contributed by atoms with Crippen molar-refractivity contribution in [2.24, 2.45) is 0 Å². The van der Waals surface area contributed by atoms with E-state index >= 15 is 0 Å². The van der Waals surface area contributed by atoms with Crippen molar-refractivity contribution in [3.63, 3.8) is 0 Å². The zero-order valence-electron chi connectivity index (χ0n) is 15.5. The Hall–Kier alpha value is -2.25. The predicted molar refractivity (Wildman–Crippen MR) is 99.1 cm³/mol. The summed E-state index contributed by atoms with van der Waals surface area (Å²) in [6.45, 7) is 3.95. The molecule has 1 amide bonds. The SMILES string of the molecule is O=C(c1cc(C2CCN(Cc3cccnc3)CC2)no1)N1CCC[C@@H](O)C1. The second-order valence-electron chi connectivity index (χ2n) is 7.57. The number of carbonyl (C=O) groups excluding carboxylic acids is 1. The van der Waals surface area contributed by atoms with Crippen LogP contribution >= 0.6 is 0 Å². The van der Waals surface area contributed by atoms with E-state index in [0.29, 0.717) is 19.0 Å². The van der Waals surface area contributed by atoms with Crippen LogP contribution < -0.4 is 0 Å². The summed E-state index contributed by atoms with van der Waals surface area (Å²) in [6.07, 6.45) is 6.86. The first-order valence-corrected chi connectivity index (χ1v) is 9.74. The fourth-order valence-electron chi connectivity index (χ4n) is 4.01. The van der Waals surface area contributed by atoms with Gasteiger partial charge in [0.2, 0.25) is 5.76 Å². The Bertz CT molecular complexity index is 756. The number of hydrogen-bond acceptors (Lipinski definition) is 6. The van der Waals surface area contributed by atoms with Crippen molar-refractivity contribution >= 4 is 5.91 Å². The Kier molecular flexibility index (Phi) is 5.50. The van der Waals surface area contributed by atoms with E-state index in [4.69, 9.17) is 4.52 Å². The van der Waals surface area contributed by atoms with Crippen LogP contribution in [0, 0.1) is 0 Å². The molecular weight excluding hydrogens is 344 g/mol. The molecule has 0 saturated carbocycles. The number of pyridine rings is 1. The van der Waals surface area contributed by atoms with Crippen molar-refractivity contribution in [3.05, 3.63) is 47.6 Å². The van der Waals surface area contributed by atoms with Crippen LogP contribution in [0.5, 0.6) is 0 Å². The number of β-amino-alcohol motifs (C(OH)–C–C–N with tert-alkyl or cyclic N) is 1. The molecule has 2 aliphatic heterocycles. The minimum atomic E-state index is -0.436. The Morgan fingerprint density at radius 3 is 2.85 bits per heavy atom. The number of rotatable bonds is 4. The van der Waals surface area contributed by atoms with Gasteiger partial charge in [0.25, 0.3) is 5.91 Å². The molecule has 7 heteroatoms. The highest BCUT2D eigenvalue weighted by Gasteiger charge is 2.28. The third kappa shape index (κ3) is 4.36. The van der Waals surface area contributed by atoms with Crippen LogP contribution in [-0.2, 0) is 6.54 Å². The third-order valence-electron chi connectivity index (χ3n) is 5.56. The monoisotopic (exact) mass is 370 g/mol. The van der Waals surface area contributed by atoms with E-state index in [1.54, 1.807) is 17.2 Å². The van der Waals surface area contributed by atoms with Crippen molar-refractivity contribution < 1.29 is 14.4 Å². The summed E-state index contributed by atoms with van der Waals surface area (Å²) in [6, 6.07) is 5.87. The first-order valence-electron chi connectivity index (χ1n) is 9.74. The predicted octanol–water partition coefficient (Wildman–Crippen LogP) is 2.05. The standard InChI is InChI=1S/C20H26N4O3/c25-17-4-2-8-24(14-17)20(26)19-11-18(22-27-19)16-5-9-23(10-6-16)13-15-3-1-7-21-12-15/h1,3,7,11-12,16-17,25H,2,4-6,8-10,13-14H2/t17-/m1/s1. The number of nitrogens with zero attached hydrogens (tertiary/aromatic N) is 4. The van der Waals surface area contributed by atoms with E-state index < -0.39 is 6.10 Å². The summed E-state index contributed by atoms with van der Waals surface area (Å²) in [5.74, 6) is 0.450. The van der Waals surface area contributed by atoms with Crippen LogP contribution in [0.15, 0.2) is 35.1 Å². The van der Waals surface area contributed by atoms with E-state index in [0.717, 1.165) is 51.0 Å². The number of likely N-dealkylation sites (tertiary alicyclic amines) is 2. The maximum Gasteiger partial charge on any atom is 0.292 e. The highest BCUT2D eigenvalue weighted by molar-refractivity contribution is 5.91. The van der Waals surface area contributed by atoms with Gasteiger partial charge in [0.15, 0.2) is 0 Å². The average molecular weight is 370 g/mol. The highest BCUT2D eigenvalue weighted by atomic mass is 16.5. The van der Waals surface area contributed by atoms with Gasteiger partial charge in [-0.05, 0) is 50.4 Å². The van der Waals surface area contributed by atoms with Crippen molar-refractivity contribution in [1.29, 1.82) is 0 Å². The molecule has 0 spiro atoms. The lowest BCUT2D eigenvalue weighted by atomic mass is 9.93. The summed E-state index contributed by atoms with van der Waals surface area (Å²) in [4.78, 5) is 20.8. The molecule has 4 heterocycles. The zero-order valence-corrected chi connectivity index (χ0v) is 15.5. The molecule has 4 rings (SSSR count). The Balaban J connectivity index is 1.32. The minimum absolute atomic E-state index is 0.165. The molecule has 144 valence electrons. The van der Waals surface area contributed by atoms with Gasteiger partial charge in [-0.3, -0.25) is 14.7 Å². The Labute approximate surface area is 159 Å². The summed E-state index contributed by atoms with van der Waals surface area (Å²) >= 11 is 0. The average Bonchev–Trinajstić information content (AvgIpc) is 3.19. The fourth-order valence-corrected chi connectivity index (χ4v) is 4.01. The summed E-state index contributed by atoms with van der Waals surface area (Å²) < 4.78 is 5.35. The Morgan fingerprint density at radius 1 is 1.26 bits per heavy atom. The molecule has 0 aromatic carbocycles. The quantitative estimate of drug-likeness (QED) is 0.887. The Morgan fingerprint density at radius 2 is 2.11 bits per heavy atom. The maximum atomic E-state index is 12.6. The molecule has 0 bridgehead atoms. The van der Waals surface area contributed by atoms with Gasteiger partial charge in [-0.2, -0.15) is 0 Å². The van der Waals surface area contributed by atoms with Crippen LogP contribution in [0.25, 0.3) is 0 Å². The largest absolute Gasteiger partial charge is 0.391 e. The van der Waals surface area contributed by atoms with E-state index in [-0.39, 0.29) is 11.7 Å². The molecular formula is C20H26N4O3. The topological polar surface area (TPSA) is 82.7 Å². The van der Waals surface area contributed by atoms with Crippen LogP contribution in [0.2, 0.25) is 0 Å². The molecule has 2 fully saturated rings. The lowest BCUT2D eigenvalue weighted by Crippen LogP contribution is -2.42. The first kappa shape index (κ1) is 18.1. The van der Waals surface area contributed by atoms with Crippen LogP contribution in [0.1, 0.15) is 53.4 Å². The van der Waals surface area contributed by atoms with Crippen molar-refractivity contribution in [1.82, 2.24) is 19.9 Å². The van der Waals surface area contributed by atoms with Crippen LogP contribution in [-0.4, -0.2) is 63.2 Å². The van der Waals surface area contributed by atoms with Crippen molar-refractivity contribution in [2.45, 2.75) is 44.2 Å². The lowest BCUT2D eigenvalue weighted by molar-refractivity contribution is 0.0441. The molecule has 2 aromatic heterocycles. The summed E-state index contributed by atoms with van der Waals surface area (Å²) in [5, 5.41) is 13.9.